The molecule has 0 radical (unpaired) electrons. The molecule has 3 rings (SSSR count). The number of nitrogens with one attached hydrogen (secondary N) is 1. The molecule has 2 aromatic carbocycles. The third-order valence-electron chi connectivity index (χ3n) is 3.89. The van der Waals surface area contributed by atoms with Gasteiger partial charge in [0.05, 0.1) is 19.3 Å². The van der Waals surface area contributed by atoms with Gasteiger partial charge in [-0.2, -0.15) is 4.80 Å². The summed E-state index contributed by atoms with van der Waals surface area (Å²) in [7, 11) is 1.30. The van der Waals surface area contributed by atoms with Gasteiger partial charge in [-0.25, -0.2) is 4.79 Å². The van der Waals surface area contributed by atoms with E-state index in [0.29, 0.717) is 23.7 Å². The summed E-state index contributed by atoms with van der Waals surface area (Å²) in [5.74, 6) is 0.359. The van der Waals surface area contributed by atoms with E-state index in [1.807, 2.05) is 31.2 Å². The summed E-state index contributed by atoms with van der Waals surface area (Å²) in [6.07, 6.45) is 0.937. The largest absolute Gasteiger partial charge is 0.494 e. The normalized spacial score (nSPS) is 10.4. The number of methoxy groups -OCH3 is 1. The van der Waals surface area contributed by atoms with Gasteiger partial charge in [-0.05, 0) is 54.1 Å². The van der Waals surface area contributed by atoms with E-state index in [2.05, 4.69) is 25.5 Å². The number of esters is 1. The quantitative estimate of drug-likeness (QED) is 0.584. The van der Waals surface area contributed by atoms with E-state index in [0.717, 1.165) is 17.7 Å². The maximum absolute atomic E-state index is 12.3. The van der Waals surface area contributed by atoms with Gasteiger partial charge in [0, 0.05) is 11.3 Å². The number of nitrogens with zero attached hydrogens (tertiary/aromatic N) is 4. The molecule has 1 N–H and O–H groups in total. The number of carbonyl (C=O) groups excluding carboxylic acids is 2. The summed E-state index contributed by atoms with van der Waals surface area (Å²) in [6.45, 7) is 2.58. The number of aromatic nitrogens is 4. The van der Waals surface area contributed by atoms with Gasteiger partial charge >= 0.3 is 5.97 Å². The molecule has 0 unspecified atom stereocenters. The van der Waals surface area contributed by atoms with Crippen LogP contribution in [0.2, 0.25) is 0 Å². The lowest BCUT2D eigenvalue weighted by Gasteiger charge is -2.06. The molecule has 0 aliphatic rings. The minimum Gasteiger partial charge on any atom is -0.494 e. The highest BCUT2D eigenvalue weighted by Crippen LogP contribution is 2.19. The van der Waals surface area contributed by atoms with E-state index < -0.39 is 5.97 Å². The third kappa shape index (κ3) is 5.38. The summed E-state index contributed by atoms with van der Waals surface area (Å²) < 4.78 is 10.2. The first kappa shape index (κ1) is 20.0. The van der Waals surface area contributed by atoms with E-state index in [9.17, 15) is 9.59 Å². The lowest BCUT2D eigenvalue weighted by Crippen LogP contribution is -2.20. The summed E-state index contributed by atoms with van der Waals surface area (Å²) in [6, 6.07) is 13.8. The van der Waals surface area contributed by atoms with Gasteiger partial charge in [0.25, 0.3) is 0 Å². The Morgan fingerprint density at radius 1 is 1.14 bits per heavy atom. The Balaban J connectivity index is 1.61. The zero-order valence-electron chi connectivity index (χ0n) is 16.2. The summed E-state index contributed by atoms with van der Waals surface area (Å²) >= 11 is 0. The molecule has 0 bridgehead atoms. The van der Waals surface area contributed by atoms with E-state index in [4.69, 9.17) is 4.74 Å². The number of hydrogen-bond acceptors (Lipinski definition) is 7. The molecule has 1 amide bonds. The highest BCUT2D eigenvalue weighted by molar-refractivity contribution is 5.94. The first-order chi connectivity index (χ1) is 14.1. The maximum atomic E-state index is 12.3. The van der Waals surface area contributed by atoms with Crippen LogP contribution in [0, 0.1) is 0 Å². The van der Waals surface area contributed by atoms with Crippen molar-refractivity contribution in [3.63, 3.8) is 0 Å². The van der Waals surface area contributed by atoms with Crippen LogP contribution >= 0.6 is 0 Å². The predicted molar refractivity (Wildman–Crippen MR) is 105 cm³/mol. The van der Waals surface area contributed by atoms with Crippen molar-refractivity contribution in [1.29, 1.82) is 0 Å². The Hall–Kier alpha value is -3.75. The van der Waals surface area contributed by atoms with E-state index >= 15 is 0 Å². The summed E-state index contributed by atoms with van der Waals surface area (Å²) in [5, 5.41) is 14.8. The lowest BCUT2D eigenvalue weighted by atomic mass is 10.2. The zero-order chi connectivity index (χ0) is 20.6. The Labute approximate surface area is 167 Å². The molecule has 0 fully saturated rings. The standard InChI is InChI=1S/C20H21N5O4/c1-3-11-29-17-9-7-14(8-10-17)19-22-24-25(23-19)13-18(26)21-16-6-4-5-15(12-16)20(27)28-2/h4-10,12H,3,11,13H2,1-2H3,(H,21,26). The second-order valence-corrected chi connectivity index (χ2v) is 6.14. The van der Waals surface area contributed by atoms with Crippen molar-refractivity contribution in [2.75, 3.05) is 19.0 Å². The number of tetrazole rings is 1. The van der Waals surface area contributed by atoms with Gasteiger partial charge in [0.2, 0.25) is 11.7 Å². The van der Waals surface area contributed by atoms with Crippen LogP contribution in [-0.4, -0.2) is 45.8 Å². The summed E-state index contributed by atoms with van der Waals surface area (Å²) in [5.41, 5.74) is 1.59. The second kappa shape index (κ2) is 9.45. The van der Waals surface area contributed by atoms with E-state index in [-0.39, 0.29) is 12.5 Å². The van der Waals surface area contributed by atoms with Crippen LogP contribution in [0.5, 0.6) is 5.75 Å². The van der Waals surface area contributed by atoms with Crippen molar-refractivity contribution in [3.8, 4) is 17.1 Å². The SMILES string of the molecule is CCCOc1ccc(-c2nnn(CC(=O)Nc3cccc(C(=O)OC)c3)n2)cc1. The number of ether oxygens (including phenoxy) is 2. The van der Waals surface area contributed by atoms with Gasteiger partial charge in [-0.1, -0.05) is 13.0 Å². The Morgan fingerprint density at radius 2 is 1.93 bits per heavy atom. The van der Waals surface area contributed by atoms with Crippen LogP contribution in [0.4, 0.5) is 5.69 Å². The number of amides is 1. The molecule has 1 aromatic heterocycles. The number of anilines is 1. The van der Waals surface area contributed by atoms with Crippen molar-refractivity contribution in [2.45, 2.75) is 19.9 Å². The average molecular weight is 395 g/mol. The minimum absolute atomic E-state index is 0.118. The smallest absolute Gasteiger partial charge is 0.337 e. The Kier molecular flexibility index (Phi) is 6.51. The molecule has 0 saturated heterocycles. The Morgan fingerprint density at radius 3 is 2.66 bits per heavy atom. The fourth-order valence-electron chi connectivity index (χ4n) is 2.52. The van der Waals surface area contributed by atoms with Gasteiger partial charge in [0.15, 0.2) is 0 Å². The second-order valence-electron chi connectivity index (χ2n) is 6.14. The highest BCUT2D eigenvalue weighted by atomic mass is 16.5. The van der Waals surface area contributed by atoms with Crippen molar-refractivity contribution in [3.05, 3.63) is 54.1 Å². The molecule has 150 valence electrons. The average Bonchev–Trinajstić information content (AvgIpc) is 3.20. The van der Waals surface area contributed by atoms with Gasteiger partial charge in [-0.15, -0.1) is 10.2 Å². The molecule has 9 heteroatoms. The minimum atomic E-state index is -0.477. The molecule has 9 nitrogen and oxygen atoms in total. The van der Waals surface area contributed by atoms with Crippen LogP contribution in [0.3, 0.4) is 0 Å². The van der Waals surface area contributed by atoms with Crippen LogP contribution in [0.1, 0.15) is 23.7 Å². The van der Waals surface area contributed by atoms with Crippen LogP contribution in [0.15, 0.2) is 48.5 Å². The van der Waals surface area contributed by atoms with Crippen LogP contribution in [0.25, 0.3) is 11.4 Å². The molecule has 0 aliphatic heterocycles. The van der Waals surface area contributed by atoms with Crippen LogP contribution < -0.4 is 10.1 Å². The number of carbonyl (C=O) groups is 2. The molecule has 0 spiro atoms. The highest BCUT2D eigenvalue weighted by Gasteiger charge is 2.11. The summed E-state index contributed by atoms with van der Waals surface area (Å²) in [4.78, 5) is 25.0. The topological polar surface area (TPSA) is 108 Å². The molecular weight excluding hydrogens is 374 g/mol. The number of benzene rings is 2. The zero-order valence-corrected chi connectivity index (χ0v) is 16.2. The number of hydrogen-bond donors (Lipinski definition) is 1. The van der Waals surface area contributed by atoms with Crippen molar-refractivity contribution in [2.24, 2.45) is 0 Å². The van der Waals surface area contributed by atoms with Crippen molar-refractivity contribution in [1.82, 2.24) is 20.2 Å². The maximum Gasteiger partial charge on any atom is 0.337 e. The fraction of sp³-hybridized carbons (Fsp3) is 0.250. The first-order valence-electron chi connectivity index (χ1n) is 9.08. The van der Waals surface area contributed by atoms with Gasteiger partial charge in [0.1, 0.15) is 12.3 Å². The molecule has 0 saturated carbocycles. The van der Waals surface area contributed by atoms with Gasteiger partial charge < -0.3 is 14.8 Å². The molecule has 1 heterocycles. The molecule has 29 heavy (non-hydrogen) atoms. The first-order valence-corrected chi connectivity index (χ1v) is 9.08. The lowest BCUT2D eigenvalue weighted by molar-refractivity contribution is -0.117. The molecular formula is C20H21N5O4. The third-order valence-corrected chi connectivity index (χ3v) is 3.89. The van der Waals surface area contributed by atoms with Crippen LogP contribution in [-0.2, 0) is 16.1 Å². The molecule has 0 aliphatic carbocycles. The monoisotopic (exact) mass is 395 g/mol. The van der Waals surface area contributed by atoms with Crippen molar-refractivity contribution < 1.29 is 19.1 Å². The molecule has 0 atom stereocenters. The van der Waals surface area contributed by atoms with Gasteiger partial charge in [-0.3, -0.25) is 4.79 Å². The predicted octanol–water partition coefficient (Wildman–Crippen LogP) is 2.55. The van der Waals surface area contributed by atoms with E-state index in [1.54, 1.807) is 18.2 Å². The number of rotatable bonds is 8. The Bertz CT molecular complexity index is 985. The fourth-order valence-corrected chi connectivity index (χ4v) is 2.52. The molecule has 3 aromatic rings. The van der Waals surface area contributed by atoms with Crippen molar-refractivity contribution >= 4 is 17.6 Å². The van der Waals surface area contributed by atoms with E-state index in [1.165, 1.54) is 18.0 Å².